The molecule has 1 saturated carbocycles. The van der Waals surface area contributed by atoms with E-state index >= 15 is 0 Å². The molecule has 25 heavy (non-hydrogen) atoms. The molecular weight excluding hydrogens is 325 g/mol. The smallest absolute Gasteiger partial charge is 0.409 e. The van der Waals surface area contributed by atoms with Gasteiger partial charge < -0.3 is 19.9 Å². The van der Waals surface area contributed by atoms with E-state index in [2.05, 4.69) is 5.32 Å². The van der Waals surface area contributed by atoms with Crippen molar-refractivity contribution in [1.29, 1.82) is 0 Å². The molecule has 1 aromatic carbocycles. The number of rotatable bonds is 4. The first-order valence-electron chi connectivity index (χ1n) is 8.72. The average molecular weight is 349 g/mol. The summed E-state index contributed by atoms with van der Waals surface area (Å²) in [7, 11) is 1.37. The maximum Gasteiger partial charge on any atom is 0.409 e. The van der Waals surface area contributed by atoms with Crippen LogP contribution in [0.5, 0.6) is 0 Å². The first-order valence-corrected chi connectivity index (χ1v) is 8.72. The molecule has 1 aliphatic carbocycles. The van der Waals surface area contributed by atoms with Gasteiger partial charge in [0, 0.05) is 30.7 Å². The number of carbonyl (C=O) groups excluding carboxylic acids is 2. The van der Waals surface area contributed by atoms with Crippen molar-refractivity contribution in [3.8, 4) is 0 Å². The van der Waals surface area contributed by atoms with Gasteiger partial charge in [-0.15, -0.1) is 0 Å². The van der Waals surface area contributed by atoms with Crippen molar-refractivity contribution in [2.24, 2.45) is 0 Å². The zero-order valence-corrected chi connectivity index (χ0v) is 14.4. The zero-order chi connectivity index (χ0) is 17.8. The largest absolute Gasteiger partial charge is 0.453 e. The number of hydrogen-bond acceptors (Lipinski definition) is 3. The molecule has 1 aromatic rings. The molecule has 1 N–H and O–H groups in total. The Labute approximate surface area is 146 Å². The van der Waals surface area contributed by atoms with Gasteiger partial charge in [-0.1, -0.05) is 18.2 Å². The Kier molecular flexibility index (Phi) is 5.40. The molecule has 136 valence electrons. The molecule has 3 rings (SSSR count). The van der Waals surface area contributed by atoms with E-state index in [1.165, 1.54) is 13.2 Å². The van der Waals surface area contributed by atoms with Crippen LogP contribution >= 0.6 is 0 Å². The van der Waals surface area contributed by atoms with E-state index in [1.54, 1.807) is 28.0 Å². The lowest BCUT2D eigenvalue weighted by Gasteiger charge is -2.33. The van der Waals surface area contributed by atoms with Crippen LogP contribution in [-0.2, 0) is 11.3 Å². The second kappa shape index (κ2) is 7.72. The predicted octanol–water partition coefficient (Wildman–Crippen LogP) is 2.73. The number of nitrogens with one attached hydrogen (secondary N) is 1. The zero-order valence-electron chi connectivity index (χ0n) is 14.4. The quantitative estimate of drug-likeness (QED) is 0.909. The van der Waals surface area contributed by atoms with Gasteiger partial charge in [0.1, 0.15) is 5.82 Å². The highest BCUT2D eigenvalue weighted by molar-refractivity contribution is 5.75. The van der Waals surface area contributed by atoms with Gasteiger partial charge in [0.25, 0.3) is 0 Å². The number of methoxy groups -OCH3 is 1. The second-order valence-corrected chi connectivity index (χ2v) is 6.63. The van der Waals surface area contributed by atoms with E-state index in [0.717, 1.165) is 12.8 Å². The van der Waals surface area contributed by atoms with Gasteiger partial charge in [-0.3, -0.25) is 0 Å². The van der Waals surface area contributed by atoms with Gasteiger partial charge in [0.2, 0.25) is 0 Å². The lowest BCUT2D eigenvalue weighted by molar-refractivity contribution is 0.109. The van der Waals surface area contributed by atoms with Crippen LogP contribution in [0.3, 0.4) is 0 Å². The van der Waals surface area contributed by atoms with Crippen LogP contribution in [0, 0.1) is 5.82 Å². The minimum atomic E-state index is -0.330. The number of carbonyl (C=O) groups is 2. The van der Waals surface area contributed by atoms with E-state index in [9.17, 15) is 14.0 Å². The number of amides is 3. The molecule has 0 unspecified atom stereocenters. The van der Waals surface area contributed by atoms with Gasteiger partial charge >= 0.3 is 12.1 Å². The second-order valence-electron chi connectivity index (χ2n) is 6.63. The number of likely N-dealkylation sites (tertiary alicyclic amines) is 1. The van der Waals surface area contributed by atoms with E-state index in [-0.39, 0.29) is 36.6 Å². The monoisotopic (exact) mass is 349 g/mol. The number of benzene rings is 1. The van der Waals surface area contributed by atoms with Gasteiger partial charge in [-0.2, -0.15) is 0 Å². The minimum absolute atomic E-state index is 0.0234. The van der Waals surface area contributed by atoms with Crippen molar-refractivity contribution in [3.63, 3.8) is 0 Å². The fraction of sp³-hybridized carbons (Fsp3) is 0.556. The van der Waals surface area contributed by atoms with E-state index < -0.39 is 0 Å². The van der Waals surface area contributed by atoms with Crippen molar-refractivity contribution in [2.75, 3.05) is 20.2 Å². The molecule has 0 aromatic heterocycles. The topological polar surface area (TPSA) is 61.9 Å². The van der Waals surface area contributed by atoms with Crippen molar-refractivity contribution in [1.82, 2.24) is 15.1 Å². The third-order valence-electron chi connectivity index (χ3n) is 4.80. The molecule has 1 heterocycles. The SMILES string of the molecule is COC(=O)N1CCC(NC(=O)N(Cc2ccccc2F)C2CC2)CC1. The van der Waals surface area contributed by atoms with Gasteiger partial charge in [-0.05, 0) is 31.7 Å². The molecule has 7 heteroatoms. The molecule has 1 aliphatic heterocycles. The summed E-state index contributed by atoms with van der Waals surface area (Å²) in [6, 6.07) is 6.62. The summed E-state index contributed by atoms with van der Waals surface area (Å²) >= 11 is 0. The molecule has 6 nitrogen and oxygen atoms in total. The maximum absolute atomic E-state index is 13.9. The van der Waals surface area contributed by atoms with Gasteiger partial charge in [0.15, 0.2) is 0 Å². The maximum atomic E-state index is 13.9. The summed E-state index contributed by atoms with van der Waals surface area (Å²) in [5.74, 6) is -0.285. The van der Waals surface area contributed by atoms with E-state index in [1.807, 2.05) is 0 Å². The standard InChI is InChI=1S/C18H24FN3O3/c1-25-18(24)21-10-8-14(9-11-21)20-17(23)22(15-6-7-15)12-13-4-2-3-5-16(13)19/h2-5,14-15H,6-12H2,1H3,(H,20,23). The Balaban J connectivity index is 1.55. The molecule has 0 spiro atoms. The summed E-state index contributed by atoms with van der Waals surface area (Å²) in [5, 5.41) is 3.04. The molecule has 0 atom stereocenters. The molecule has 1 saturated heterocycles. The van der Waals surface area contributed by atoms with E-state index in [4.69, 9.17) is 4.74 Å². The summed E-state index contributed by atoms with van der Waals surface area (Å²) in [6.45, 7) is 1.41. The molecule has 3 amide bonds. The third-order valence-corrected chi connectivity index (χ3v) is 4.80. The van der Waals surface area contributed by atoms with Crippen LogP contribution in [0.1, 0.15) is 31.2 Å². The number of urea groups is 1. The fourth-order valence-corrected chi connectivity index (χ4v) is 3.16. The van der Waals surface area contributed by atoms with Crippen molar-refractivity contribution in [3.05, 3.63) is 35.6 Å². The van der Waals surface area contributed by atoms with Crippen molar-refractivity contribution >= 4 is 12.1 Å². The Hall–Kier alpha value is -2.31. The highest BCUT2D eigenvalue weighted by atomic mass is 19.1. The summed E-state index contributed by atoms with van der Waals surface area (Å²) in [5.41, 5.74) is 0.532. The molecule has 0 radical (unpaired) electrons. The highest BCUT2D eigenvalue weighted by Crippen LogP contribution is 2.29. The molecular formula is C18H24FN3O3. The third kappa shape index (κ3) is 4.41. The molecule has 0 bridgehead atoms. The average Bonchev–Trinajstić information content (AvgIpc) is 3.46. The number of ether oxygens (including phenoxy) is 1. The van der Waals surface area contributed by atoms with Crippen LogP contribution in [0.2, 0.25) is 0 Å². The predicted molar refractivity (Wildman–Crippen MR) is 90.5 cm³/mol. The fourth-order valence-electron chi connectivity index (χ4n) is 3.16. The highest BCUT2D eigenvalue weighted by Gasteiger charge is 2.34. The van der Waals surface area contributed by atoms with Gasteiger partial charge in [0.05, 0.1) is 13.7 Å². The minimum Gasteiger partial charge on any atom is -0.453 e. The van der Waals surface area contributed by atoms with Crippen LogP contribution in [0.25, 0.3) is 0 Å². The Bertz CT molecular complexity index is 628. The summed E-state index contributed by atoms with van der Waals surface area (Å²) in [4.78, 5) is 27.5. The van der Waals surface area contributed by atoms with Crippen LogP contribution in [-0.4, -0.2) is 54.2 Å². The molecule has 2 fully saturated rings. The summed E-state index contributed by atoms with van der Waals surface area (Å²) < 4.78 is 18.6. The number of hydrogen-bond donors (Lipinski definition) is 1. The van der Waals surface area contributed by atoms with Gasteiger partial charge in [-0.25, -0.2) is 14.0 Å². The molecule has 2 aliphatic rings. The Morgan fingerprint density at radius 3 is 2.52 bits per heavy atom. The number of halogens is 1. The normalized spacial score (nSPS) is 17.9. The first kappa shape index (κ1) is 17.5. The number of piperidine rings is 1. The lowest BCUT2D eigenvalue weighted by atomic mass is 10.1. The Morgan fingerprint density at radius 1 is 1.24 bits per heavy atom. The van der Waals surface area contributed by atoms with Crippen molar-refractivity contribution < 1.29 is 18.7 Å². The van der Waals surface area contributed by atoms with Crippen LogP contribution < -0.4 is 5.32 Å². The van der Waals surface area contributed by atoms with Crippen molar-refractivity contribution in [2.45, 2.75) is 44.3 Å². The lowest BCUT2D eigenvalue weighted by Crippen LogP contribution is -2.50. The van der Waals surface area contributed by atoms with Crippen LogP contribution in [0.15, 0.2) is 24.3 Å². The number of nitrogens with zero attached hydrogens (tertiary/aromatic N) is 2. The first-order chi connectivity index (χ1) is 12.1. The Morgan fingerprint density at radius 2 is 1.92 bits per heavy atom. The summed E-state index contributed by atoms with van der Waals surface area (Å²) in [6.07, 6.45) is 2.98. The van der Waals surface area contributed by atoms with Crippen LogP contribution in [0.4, 0.5) is 14.0 Å². The van der Waals surface area contributed by atoms with E-state index in [0.29, 0.717) is 31.5 Å².